The van der Waals surface area contributed by atoms with Gasteiger partial charge >= 0.3 is 6.09 Å². The van der Waals surface area contributed by atoms with E-state index >= 15 is 0 Å². The molecule has 0 bridgehead atoms. The summed E-state index contributed by atoms with van der Waals surface area (Å²) < 4.78 is 5.08. The van der Waals surface area contributed by atoms with Crippen molar-refractivity contribution in [1.82, 2.24) is 0 Å². The number of phenols is 1. The zero-order valence-corrected chi connectivity index (χ0v) is 9.88. The minimum Gasteiger partial charge on any atom is -0.508 e. The molecule has 0 atom stereocenters. The molecule has 0 radical (unpaired) electrons. The fourth-order valence-corrected chi connectivity index (χ4v) is 1.44. The van der Waals surface area contributed by atoms with Crippen molar-refractivity contribution < 1.29 is 14.6 Å². The third-order valence-corrected chi connectivity index (χ3v) is 2.32. The first-order valence-corrected chi connectivity index (χ1v) is 5.48. The topological polar surface area (TPSA) is 58.6 Å². The van der Waals surface area contributed by atoms with Crippen LogP contribution in [0.15, 0.2) is 48.5 Å². The maximum absolute atomic E-state index is 11.6. The fourth-order valence-electron chi connectivity index (χ4n) is 1.44. The first kappa shape index (κ1) is 12.0. The van der Waals surface area contributed by atoms with E-state index in [1.165, 1.54) is 12.1 Å². The Labute approximate surface area is 105 Å². The number of aryl methyl sites for hydroxylation is 1. The third kappa shape index (κ3) is 3.25. The number of carbonyl (C=O) groups is 1. The normalized spacial score (nSPS) is 9.83. The van der Waals surface area contributed by atoms with Gasteiger partial charge in [-0.3, -0.25) is 5.32 Å². The quantitative estimate of drug-likeness (QED) is 0.850. The first-order valence-electron chi connectivity index (χ1n) is 5.48. The molecule has 0 aliphatic rings. The van der Waals surface area contributed by atoms with Gasteiger partial charge in [-0.05, 0) is 31.2 Å². The summed E-state index contributed by atoms with van der Waals surface area (Å²) in [5.41, 5.74) is 1.57. The minimum absolute atomic E-state index is 0.0862. The van der Waals surface area contributed by atoms with Gasteiger partial charge in [0.15, 0.2) is 0 Å². The molecule has 0 spiro atoms. The summed E-state index contributed by atoms with van der Waals surface area (Å²) in [4.78, 5) is 11.6. The zero-order valence-electron chi connectivity index (χ0n) is 9.88. The van der Waals surface area contributed by atoms with Gasteiger partial charge in [0.25, 0.3) is 0 Å². The van der Waals surface area contributed by atoms with E-state index in [-0.39, 0.29) is 5.75 Å². The maximum Gasteiger partial charge on any atom is 0.417 e. The van der Waals surface area contributed by atoms with Crippen molar-refractivity contribution in [2.24, 2.45) is 0 Å². The molecule has 0 aliphatic heterocycles. The van der Waals surface area contributed by atoms with Crippen LogP contribution < -0.4 is 10.1 Å². The Balaban J connectivity index is 1.98. The molecule has 1 amide bonds. The second kappa shape index (κ2) is 5.23. The van der Waals surface area contributed by atoms with E-state index in [2.05, 4.69) is 5.32 Å². The summed E-state index contributed by atoms with van der Waals surface area (Å²) in [6.45, 7) is 1.95. The average Bonchev–Trinajstić information content (AvgIpc) is 2.32. The van der Waals surface area contributed by atoms with E-state index in [1.807, 2.05) is 19.1 Å². The summed E-state index contributed by atoms with van der Waals surface area (Å²) >= 11 is 0. The lowest BCUT2D eigenvalue weighted by atomic mass is 10.2. The van der Waals surface area contributed by atoms with Crippen LogP contribution in [0, 0.1) is 6.92 Å². The van der Waals surface area contributed by atoms with Gasteiger partial charge in [0, 0.05) is 11.8 Å². The highest BCUT2D eigenvalue weighted by Crippen LogP contribution is 2.16. The summed E-state index contributed by atoms with van der Waals surface area (Å²) in [6.07, 6.45) is -0.593. The Morgan fingerprint density at radius 1 is 1.17 bits per heavy atom. The minimum atomic E-state index is -0.593. The van der Waals surface area contributed by atoms with Crippen LogP contribution in [0.2, 0.25) is 0 Å². The van der Waals surface area contributed by atoms with Crippen molar-refractivity contribution in [3.63, 3.8) is 0 Å². The molecule has 2 aromatic carbocycles. The van der Waals surface area contributed by atoms with Crippen molar-refractivity contribution in [2.75, 3.05) is 5.32 Å². The number of anilines is 1. The summed E-state index contributed by atoms with van der Waals surface area (Å²) in [7, 11) is 0. The molecular weight excluding hydrogens is 230 g/mol. The van der Waals surface area contributed by atoms with Crippen LogP contribution in [-0.2, 0) is 0 Å². The molecular formula is C14H13NO3. The smallest absolute Gasteiger partial charge is 0.417 e. The van der Waals surface area contributed by atoms with E-state index in [1.54, 1.807) is 24.3 Å². The highest BCUT2D eigenvalue weighted by atomic mass is 16.6. The van der Waals surface area contributed by atoms with Crippen LogP contribution in [-0.4, -0.2) is 11.2 Å². The summed E-state index contributed by atoms with van der Waals surface area (Å²) in [5.74, 6) is 0.557. The molecule has 0 aromatic heterocycles. The molecule has 92 valence electrons. The SMILES string of the molecule is Cc1ccc(OC(=O)Nc2cccc(O)c2)cc1. The molecule has 0 saturated heterocycles. The predicted octanol–water partition coefficient (Wildman–Crippen LogP) is 3.31. The Kier molecular flexibility index (Phi) is 3.48. The van der Waals surface area contributed by atoms with Crippen molar-refractivity contribution in [3.05, 3.63) is 54.1 Å². The fraction of sp³-hybridized carbons (Fsp3) is 0.0714. The lowest BCUT2D eigenvalue weighted by molar-refractivity contribution is 0.215. The number of ether oxygens (including phenoxy) is 1. The van der Waals surface area contributed by atoms with Crippen molar-refractivity contribution in [3.8, 4) is 11.5 Å². The molecule has 0 heterocycles. The average molecular weight is 243 g/mol. The lowest BCUT2D eigenvalue weighted by Crippen LogP contribution is -2.16. The van der Waals surface area contributed by atoms with Gasteiger partial charge in [-0.15, -0.1) is 0 Å². The van der Waals surface area contributed by atoms with Crippen LogP contribution in [0.1, 0.15) is 5.56 Å². The Morgan fingerprint density at radius 2 is 1.89 bits per heavy atom. The maximum atomic E-state index is 11.6. The molecule has 18 heavy (non-hydrogen) atoms. The molecule has 2 aromatic rings. The van der Waals surface area contributed by atoms with Gasteiger partial charge in [-0.25, -0.2) is 4.79 Å². The van der Waals surface area contributed by atoms with Crippen molar-refractivity contribution in [1.29, 1.82) is 0 Å². The Bertz CT molecular complexity index is 549. The molecule has 2 N–H and O–H groups in total. The van der Waals surface area contributed by atoms with E-state index in [9.17, 15) is 9.90 Å². The summed E-state index contributed by atoms with van der Waals surface area (Å²) in [6, 6.07) is 13.4. The second-order valence-corrected chi connectivity index (χ2v) is 3.88. The highest BCUT2D eigenvalue weighted by molar-refractivity contribution is 5.86. The number of carbonyl (C=O) groups excluding carboxylic acids is 1. The number of aromatic hydroxyl groups is 1. The lowest BCUT2D eigenvalue weighted by Gasteiger charge is -2.06. The Hall–Kier alpha value is -2.49. The highest BCUT2D eigenvalue weighted by Gasteiger charge is 2.05. The monoisotopic (exact) mass is 243 g/mol. The molecule has 4 nitrogen and oxygen atoms in total. The van der Waals surface area contributed by atoms with Gasteiger partial charge in [-0.1, -0.05) is 23.8 Å². The number of hydrogen-bond acceptors (Lipinski definition) is 3. The van der Waals surface area contributed by atoms with E-state index in [0.717, 1.165) is 5.56 Å². The van der Waals surface area contributed by atoms with Crippen molar-refractivity contribution in [2.45, 2.75) is 6.92 Å². The number of nitrogens with one attached hydrogen (secondary N) is 1. The third-order valence-electron chi connectivity index (χ3n) is 2.32. The van der Waals surface area contributed by atoms with Crippen LogP contribution >= 0.6 is 0 Å². The van der Waals surface area contributed by atoms with Gasteiger partial charge in [0.2, 0.25) is 0 Å². The van der Waals surface area contributed by atoms with E-state index in [0.29, 0.717) is 11.4 Å². The van der Waals surface area contributed by atoms with E-state index < -0.39 is 6.09 Å². The van der Waals surface area contributed by atoms with Crippen LogP contribution in [0.25, 0.3) is 0 Å². The van der Waals surface area contributed by atoms with Gasteiger partial charge in [0.1, 0.15) is 11.5 Å². The molecule has 0 aliphatic carbocycles. The van der Waals surface area contributed by atoms with Gasteiger partial charge in [0.05, 0.1) is 0 Å². The summed E-state index contributed by atoms with van der Waals surface area (Å²) in [5, 5.41) is 11.8. The molecule has 4 heteroatoms. The number of rotatable bonds is 2. The first-order chi connectivity index (χ1) is 8.63. The van der Waals surface area contributed by atoms with Gasteiger partial charge < -0.3 is 9.84 Å². The number of amides is 1. The second-order valence-electron chi connectivity index (χ2n) is 3.88. The van der Waals surface area contributed by atoms with Crippen LogP contribution in [0.3, 0.4) is 0 Å². The number of phenolic OH excluding ortho intramolecular Hbond substituents is 1. The molecule has 2 rings (SSSR count). The zero-order chi connectivity index (χ0) is 13.0. The van der Waals surface area contributed by atoms with Crippen LogP contribution in [0.4, 0.5) is 10.5 Å². The van der Waals surface area contributed by atoms with Crippen molar-refractivity contribution >= 4 is 11.8 Å². The molecule has 0 fully saturated rings. The Morgan fingerprint density at radius 3 is 2.56 bits per heavy atom. The van der Waals surface area contributed by atoms with Gasteiger partial charge in [-0.2, -0.15) is 0 Å². The number of benzene rings is 2. The van der Waals surface area contributed by atoms with E-state index in [4.69, 9.17) is 4.74 Å². The molecule has 0 saturated carbocycles. The predicted molar refractivity (Wildman–Crippen MR) is 68.9 cm³/mol. The molecule has 0 unspecified atom stereocenters. The van der Waals surface area contributed by atoms with Crippen LogP contribution in [0.5, 0.6) is 11.5 Å². The standard InChI is InChI=1S/C14H13NO3/c1-10-5-7-13(8-6-10)18-14(17)15-11-3-2-4-12(16)9-11/h2-9,16H,1H3,(H,15,17). The number of hydrogen-bond donors (Lipinski definition) is 2. The largest absolute Gasteiger partial charge is 0.508 e.